The zero-order valence-corrected chi connectivity index (χ0v) is 23.2. The van der Waals surface area contributed by atoms with Crippen LogP contribution in [0.3, 0.4) is 0 Å². The highest BCUT2D eigenvalue weighted by molar-refractivity contribution is 6.21. The molecule has 43 heavy (non-hydrogen) atoms. The van der Waals surface area contributed by atoms with E-state index in [-0.39, 0.29) is 5.69 Å². The van der Waals surface area contributed by atoms with E-state index >= 15 is 0 Å². The number of benzene rings is 5. The number of hydrogen-bond acceptors (Lipinski definition) is 3. The molecular weight excluding hydrogens is 528 g/mol. The van der Waals surface area contributed by atoms with Crippen molar-refractivity contribution in [1.82, 2.24) is 9.97 Å². The number of aromatic carboxylic acids is 1. The first-order valence-electron chi connectivity index (χ1n) is 14.1. The van der Waals surface area contributed by atoms with Gasteiger partial charge in [0.25, 0.3) is 0 Å². The fraction of sp³-hybridized carbons (Fsp3) is 0. The molecule has 0 radical (unpaired) electrons. The Balaban J connectivity index is 1.82. The average molecular weight is 555 g/mol. The highest BCUT2D eigenvalue weighted by atomic mass is 16.4. The summed E-state index contributed by atoms with van der Waals surface area (Å²) in [5, 5.41) is 12.3. The predicted octanol–water partition coefficient (Wildman–Crippen LogP) is 9.66. The van der Waals surface area contributed by atoms with Gasteiger partial charge in [-0.2, -0.15) is 0 Å². The molecule has 0 aliphatic rings. The van der Waals surface area contributed by atoms with Crippen LogP contribution in [0.4, 0.5) is 0 Å². The molecule has 0 aliphatic heterocycles. The third-order valence-electron chi connectivity index (χ3n) is 7.61. The topological polar surface area (TPSA) is 63.1 Å². The second kappa shape index (κ2) is 11.2. The zero-order chi connectivity index (χ0) is 29.2. The Kier molecular flexibility index (Phi) is 6.78. The van der Waals surface area contributed by atoms with Gasteiger partial charge in [-0.15, -0.1) is 0 Å². The van der Waals surface area contributed by atoms with Crippen LogP contribution in [0.25, 0.3) is 66.8 Å². The maximum absolute atomic E-state index is 13.1. The number of hydrogen-bond donors (Lipinski definition) is 1. The van der Waals surface area contributed by atoms with E-state index in [0.717, 1.165) is 55.5 Å². The minimum Gasteiger partial charge on any atom is -0.476 e. The number of aromatic nitrogens is 2. The van der Waals surface area contributed by atoms with Crippen molar-refractivity contribution in [2.75, 3.05) is 0 Å². The summed E-state index contributed by atoms with van der Waals surface area (Å²) in [5.74, 6) is -1.09. The molecule has 0 saturated heterocycles. The standard InChI is InChI=1S/C39H26N2O2/c42-39(43)38-32(27-18-8-2-9-19-27)33-31(26-16-6-1-7-17-26)35(28-20-10-3-11-21-28)40-36(29-22-12-4-13-23-29)34(33)37(41-38)30-24-14-5-15-25-30/h1-25H,(H,42,43). The van der Waals surface area contributed by atoms with E-state index < -0.39 is 5.97 Å². The quantitative estimate of drug-likeness (QED) is 0.222. The van der Waals surface area contributed by atoms with Gasteiger partial charge in [0.05, 0.1) is 17.1 Å². The molecule has 0 saturated carbocycles. The Hall–Kier alpha value is -5.87. The number of carboxylic acid groups (broad SMARTS) is 1. The van der Waals surface area contributed by atoms with E-state index in [2.05, 4.69) is 24.3 Å². The van der Waals surface area contributed by atoms with E-state index in [9.17, 15) is 9.90 Å². The molecule has 0 unspecified atom stereocenters. The zero-order valence-electron chi connectivity index (χ0n) is 23.2. The number of rotatable bonds is 6. The first kappa shape index (κ1) is 26.1. The summed E-state index contributed by atoms with van der Waals surface area (Å²) < 4.78 is 0. The van der Waals surface area contributed by atoms with Gasteiger partial charge in [-0.1, -0.05) is 152 Å². The van der Waals surface area contributed by atoms with Crippen LogP contribution in [-0.2, 0) is 0 Å². The molecule has 5 aromatic carbocycles. The van der Waals surface area contributed by atoms with Crippen molar-refractivity contribution >= 4 is 16.7 Å². The third-order valence-corrected chi connectivity index (χ3v) is 7.61. The molecule has 0 atom stereocenters. The van der Waals surface area contributed by atoms with Gasteiger partial charge < -0.3 is 5.11 Å². The Morgan fingerprint density at radius 2 is 0.744 bits per heavy atom. The number of carbonyl (C=O) groups is 1. The Morgan fingerprint density at radius 3 is 1.16 bits per heavy atom. The van der Waals surface area contributed by atoms with Crippen LogP contribution in [0.2, 0.25) is 0 Å². The van der Waals surface area contributed by atoms with Crippen LogP contribution in [0, 0.1) is 0 Å². The maximum atomic E-state index is 13.1. The van der Waals surface area contributed by atoms with Crippen molar-refractivity contribution in [1.29, 1.82) is 0 Å². The lowest BCUT2D eigenvalue weighted by atomic mass is 9.85. The molecular formula is C39H26N2O2. The lowest BCUT2D eigenvalue weighted by Crippen LogP contribution is -2.09. The summed E-state index contributed by atoms with van der Waals surface area (Å²) in [7, 11) is 0. The van der Waals surface area contributed by atoms with E-state index in [1.54, 1.807) is 0 Å². The van der Waals surface area contributed by atoms with E-state index in [4.69, 9.17) is 9.97 Å². The molecule has 4 heteroatoms. The second-order valence-corrected chi connectivity index (χ2v) is 10.3. The van der Waals surface area contributed by atoms with E-state index in [1.807, 2.05) is 127 Å². The van der Waals surface area contributed by atoms with Crippen molar-refractivity contribution in [3.05, 3.63) is 157 Å². The molecule has 4 nitrogen and oxygen atoms in total. The molecule has 7 aromatic rings. The second-order valence-electron chi connectivity index (χ2n) is 10.3. The van der Waals surface area contributed by atoms with E-state index in [1.165, 1.54) is 0 Å². The smallest absolute Gasteiger partial charge is 0.355 e. The Bertz CT molecular complexity index is 2060. The molecule has 0 bridgehead atoms. The van der Waals surface area contributed by atoms with Gasteiger partial charge in [0.1, 0.15) is 0 Å². The SMILES string of the molecule is O=C(O)c1nc(-c2ccccc2)c2c(-c3ccccc3)nc(-c3ccccc3)c(-c3ccccc3)c2c1-c1ccccc1. The molecule has 204 valence electrons. The minimum atomic E-state index is -1.09. The fourth-order valence-corrected chi connectivity index (χ4v) is 5.75. The lowest BCUT2D eigenvalue weighted by Gasteiger charge is -2.23. The predicted molar refractivity (Wildman–Crippen MR) is 174 cm³/mol. The molecule has 0 fully saturated rings. The molecule has 2 aromatic heterocycles. The summed E-state index contributed by atoms with van der Waals surface area (Å²) in [5.41, 5.74) is 7.93. The van der Waals surface area contributed by atoms with E-state index in [0.29, 0.717) is 11.3 Å². The number of fused-ring (bicyclic) bond motifs is 1. The summed E-state index contributed by atoms with van der Waals surface area (Å²) in [6.07, 6.45) is 0. The van der Waals surface area contributed by atoms with Gasteiger partial charge in [-0.05, 0) is 11.1 Å². The van der Waals surface area contributed by atoms with Gasteiger partial charge in [-0.3, -0.25) is 0 Å². The number of pyridine rings is 2. The largest absolute Gasteiger partial charge is 0.476 e. The third kappa shape index (κ3) is 4.75. The van der Waals surface area contributed by atoms with Gasteiger partial charge in [0, 0.05) is 38.6 Å². The van der Waals surface area contributed by atoms with Crippen LogP contribution < -0.4 is 0 Å². The summed E-state index contributed by atoms with van der Waals surface area (Å²) >= 11 is 0. The first-order valence-corrected chi connectivity index (χ1v) is 14.1. The first-order chi connectivity index (χ1) is 21.2. The fourth-order valence-electron chi connectivity index (χ4n) is 5.75. The van der Waals surface area contributed by atoms with Crippen LogP contribution in [-0.4, -0.2) is 21.0 Å². The summed E-state index contributed by atoms with van der Waals surface area (Å²) in [4.78, 5) is 23.5. The minimum absolute atomic E-state index is 0.000965. The number of nitrogens with zero attached hydrogens (tertiary/aromatic N) is 2. The van der Waals surface area contributed by atoms with Gasteiger partial charge in [-0.25, -0.2) is 14.8 Å². The van der Waals surface area contributed by atoms with Crippen molar-refractivity contribution in [2.45, 2.75) is 0 Å². The normalized spacial score (nSPS) is 11.0. The summed E-state index contributed by atoms with van der Waals surface area (Å²) in [6, 6.07) is 49.7. The maximum Gasteiger partial charge on any atom is 0.355 e. The Morgan fingerprint density at radius 1 is 0.395 bits per heavy atom. The van der Waals surface area contributed by atoms with Crippen LogP contribution >= 0.6 is 0 Å². The van der Waals surface area contributed by atoms with Crippen molar-refractivity contribution < 1.29 is 9.90 Å². The molecule has 0 aliphatic carbocycles. The van der Waals surface area contributed by atoms with Crippen molar-refractivity contribution in [3.8, 4) is 56.0 Å². The average Bonchev–Trinajstić information content (AvgIpc) is 3.08. The van der Waals surface area contributed by atoms with Gasteiger partial charge >= 0.3 is 5.97 Å². The van der Waals surface area contributed by atoms with Crippen LogP contribution in [0.15, 0.2) is 152 Å². The van der Waals surface area contributed by atoms with Crippen LogP contribution in [0.5, 0.6) is 0 Å². The lowest BCUT2D eigenvalue weighted by molar-refractivity contribution is 0.0691. The molecule has 7 rings (SSSR count). The molecule has 2 heterocycles. The van der Waals surface area contributed by atoms with Crippen molar-refractivity contribution in [3.63, 3.8) is 0 Å². The molecule has 0 spiro atoms. The monoisotopic (exact) mass is 554 g/mol. The van der Waals surface area contributed by atoms with Crippen LogP contribution in [0.1, 0.15) is 10.5 Å². The Labute approximate surface area is 249 Å². The highest BCUT2D eigenvalue weighted by Crippen LogP contribution is 2.48. The molecule has 0 amide bonds. The van der Waals surface area contributed by atoms with Gasteiger partial charge in [0.2, 0.25) is 0 Å². The van der Waals surface area contributed by atoms with Crippen molar-refractivity contribution in [2.24, 2.45) is 0 Å². The number of carboxylic acids is 1. The highest BCUT2D eigenvalue weighted by Gasteiger charge is 2.28. The summed E-state index contributed by atoms with van der Waals surface area (Å²) in [6.45, 7) is 0. The molecule has 1 N–H and O–H groups in total. The van der Waals surface area contributed by atoms with Gasteiger partial charge in [0.15, 0.2) is 5.69 Å².